The van der Waals surface area contributed by atoms with Gasteiger partial charge in [-0.25, -0.2) is 0 Å². The molecule has 1 aromatic carbocycles. The molecule has 1 saturated heterocycles. The maximum absolute atomic E-state index is 6.53. The molecule has 2 nitrogen and oxygen atoms in total. The fourth-order valence-electron chi connectivity index (χ4n) is 3.32. The number of nitrogens with zero attached hydrogens (tertiary/aromatic N) is 1. The minimum atomic E-state index is 0.163. The Morgan fingerprint density at radius 1 is 1.15 bits per heavy atom. The van der Waals surface area contributed by atoms with Gasteiger partial charge in [-0.05, 0) is 57.7 Å². The highest BCUT2D eigenvalue weighted by molar-refractivity contribution is 5.27. The topological polar surface area (TPSA) is 29.3 Å². The van der Waals surface area contributed by atoms with E-state index in [1.165, 1.54) is 24.0 Å². The van der Waals surface area contributed by atoms with Gasteiger partial charge in [-0.2, -0.15) is 0 Å². The van der Waals surface area contributed by atoms with Crippen LogP contribution >= 0.6 is 0 Å². The molecule has 1 fully saturated rings. The highest BCUT2D eigenvalue weighted by atomic mass is 15.2. The van der Waals surface area contributed by atoms with Crippen molar-refractivity contribution in [1.82, 2.24) is 4.90 Å². The Labute approximate surface area is 124 Å². The number of likely N-dealkylation sites (tertiary alicyclic amines) is 1. The van der Waals surface area contributed by atoms with Crippen molar-refractivity contribution in [3.05, 3.63) is 35.4 Å². The normalized spacial score (nSPS) is 25.4. The van der Waals surface area contributed by atoms with E-state index in [1.807, 2.05) is 0 Å². The zero-order valence-electron chi connectivity index (χ0n) is 13.5. The Morgan fingerprint density at radius 3 is 2.35 bits per heavy atom. The fourth-order valence-corrected chi connectivity index (χ4v) is 3.32. The van der Waals surface area contributed by atoms with Crippen molar-refractivity contribution in [1.29, 1.82) is 0 Å². The van der Waals surface area contributed by atoms with E-state index in [0.29, 0.717) is 6.04 Å². The third-order valence-electron chi connectivity index (χ3n) is 4.52. The first kappa shape index (κ1) is 15.5. The van der Waals surface area contributed by atoms with Crippen LogP contribution in [0.1, 0.15) is 64.1 Å². The van der Waals surface area contributed by atoms with E-state index in [2.05, 4.69) is 56.9 Å². The molecule has 1 aromatic rings. The van der Waals surface area contributed by atoms with Gasteiger partial charge >= 0.3 is 0 Å². The van der Waals surface area contributed by atoms with Gasteiger partial charge < -0.3 is 5.73 Å². The molecule has 1 aliphatic heterocycles. The van der Waals surface area contributed by atoms with Gasteiger partial charge in [0.1, 0.15) is 0 Å². The van der Waals surface area contributed by atoms with Gasteiger partial charge in [0.15, 0.2) is 0 Å². The van der Waals surface area contributed by atoms with Crippen LogP contribution < -0.4 is 5.73 Å². The van der Waals surface area contributed by atoms with Gasteiger partial charge in [0.05, 0.1) is 6.04 Å². The lowest BCUT2D eigenvalue weighted by molar-refractivity contribution is 0.0755. The molecular weight excluding hydrogens is 244 g/mol. The van der Waals surface area contributed by atoms with E-state index in [-0.39, 0.29) is 11.6 Å². The van der Waals surface area contributed by atoms with Gasteiger partial charge in [-0.15, -0.1) is 0 Å². The molecule has 20 heavy (non-hydrogen) atoms. The molecule has 1 aliphatic rings. The number of hydrogen-bond acceptors (Lipinski definition) is 2. The van der Waals surface area contributed by atoms with Crippen LogP contribution in [0.25, 0.3) is 0 Å². The van der Waals surface area contributed by atoms with E-state index < -0.39 is 0 Å². The van der Waals surface area contributed by atoms with E-state index in [4.69, 9.17) is 5.73 Å². The molecule has 2 atom stereocenters. The first-order chi connectivity index (χ1) is 9.43. The van der Waals surface area contributed by atoms with Gasteiger partial charge in [0, 0.05) is 11.6 Å². The molecule has 2 heteroatoms. The third kappa shape index (κ3) is 3.42. The van der Waals surface area contributed by atoms with E-state index >= 15 is 0 Å². The molecule has 0 aromatic heterocycles. The molecule has 2 rings (SSSR count). The van der Waals surface area contributed by atoms with Crippen molar-refractivity contribution in [2.24, 2.45) is 5.73 Å². The number of hydrogen-bond donors (Lipinski definition) is 1. The van der Waals surface area contributed by atoms with Crippen molar-refractivity contribution in [2.45, 2.75) is 71.0 Å². The SMILES string of the molecule is CCc1ccc(C2C(N)CCCCN2C(C)(C)C)cc1. The predicted octanol–water partition coefficient (Wildman–Crippen LogP) is 3.90. The summed E-state index contributed by atoms with van der Waals surface area (Å²) in [7, 11) is 0. The van der Waals surface area contributed by atoms with Crippen LogP contribution in [0, 0.1) is 0 Å². The third-order valence-corrected chi connectivity index (χ3v) is 4.52. The van der Waals surface area contributed by atoms with E-state index in [1.54, 1.807) is 0 Å². The van der Waals surface area contributed by atoms with E-state index in [0.717, 1.165) is 19.4 Å². The van der Waals surface area contributed by atoms with Crippen molar-refractivity contribution < 1.29 is 0 Å². The highest BCUT2D eigenvalue weighted by Gasteiger charge is 2.34. The first-order valence-electron chi connectivity index (χ1n) is 8.04. The quantitative estimate of drug-likeness (QED) is 0.886. The molecule has 0 amide bonds. The van der Waals surface area contributed by atoms with Crippen LogP contribution in [-0.4, -0.2) is 23.0 Å². The lowest BCUT2D eigenvalue weighted by Gasteiger charge is -2.43. The summed E-state index contributed by atoms with van der Waals surface area (Å²) in [6.45, 7) is 10.3. The molecule has 0 saturated carbocycles. The van der Waals surface area contributed by atoms with Crippen molar-refractivity contribution in [2.75, 3.05) is 6.54 Å². The summed E-state index contributed by atoms with van der Waals surface area (Å²) in [5.74, 6) is 0. The maximum Gasteiger partial charge on any atom is 0.0504 e. The standard InChI is InChI=1S/C18H30N2/c1-5-14-9-11-15(12-10-14)17-16(19)8-6-7-13-20(17)18(2,3)4/h9-12,16-17H,5-8,13,19H2,1-4H3. The average molecular weight is 274 g/mol. The largest absolute Gasteiger partial charge is 0.326 e. The predicted molar refractivity (Wildman–Crippen MR) is 86.8 cm³/mol. The summed E-state index contributed by atoms with van der Waals surface area (Å²) in [5, 5.41) is 0. The van der Waals surface area contributed by atoms with Crippen LogP contribution in [0.4, 0.5) is 0 Å². The summed E-state index contributed by atoms with van der Waals surface area (Å²) in [4.78, 5) is 2.60. The molecule has 0 aliphatic carbocycles. The van der Waals surface area contributed by atoms with Crippen LogP contribution in [-0.2, 0) is 6.42 Å². The van der Waals surface area contributed by atoms with Crippen LogP contribution in [0.3, 0.4) is 0 Å². The summed E-state index contributed by atoms with van der Waals surface area (Å²) in [5.41, 5.74) is 9.47. The Balaban J connectivity index is 2.34. The second kappa shape index (κ2) is 6.28. The number of benzene rings is 1. The zero-order chi connectivity index (χ0) is 14.8. The van der Waals surface area contributed by atoms with Gasteiger partial charge in [-0.3, -0.25) is 4.90 Å². The number of aryl methyl sites for hydroxylation is 1. The van der Waals surface area contributed by atoms with Gasteiger partial charge in [0.2, 0.25) is 0 Å². The van der Waals surface area contributed by atoms with Crippen molar-refractivity contribution in [3.63, 3.8) is 0 Å². The Morgan fingerprint density at radius 2 is 1.80 bits per heavy atom. The summed E-state index contributed by atoms with van der Waals surface area (Å²) >= 11 is 0. The zero-order valence-corrected chi connectivity index (χ0v) is 13.5. The smallest absolute Gasteiger partial charge is 0.0504 e. The van der Waals surface area contributed by atoms with Gasteiger partial charge in [0.25, 0.3) is 0 Å². The molecular formula is C18H30N2. The summed E-state index contributed by atoms with van der Waals surface area (Å²) in [6, 6.07) is 9.68. The lowest BCUT2D eigenvalue weighted by Crippen LogP contribution is -2.49. The molecule has 1 heterocycles. The van der Waals surface area contributed by atoms with Crippen molar-refractivity contribution >= 4 is 0 Å². The Bertz CT molecular complexity index is 416. The molecule has 2 N–H and O–H groups in total. The second-order valence-electron chi connectivity index (χ2n) is 7.06. The highest BCUT2D eigenvalue weighted by Crippen LogP contribution is 2.34. The Hall–Kier alpha value is -0.860. The minimum absolute atomic E-state index is 0.163. The van der Waals surface area contributed by atoms with Crippen LogP contribution in [0.5, 0.6) is 0 Å². The first-order valence-corrected chi connectivity index (χ1v) is 8.04. The molecule has 0 radical (unpaired) electrons. The summed E-state index contributed by atoms with van der Waals surface area (Å²) < 4.78 is 0. The lowest BCUT2D eigenvalue weighted by atomic mass is 9.92. The minimum Gasteiger partial charge on any atom is -0.326 e. The van der Waals surface area contributed by atoms with Crippen LogP contribution in [0.2, 0.25) is 0 Å². The number of rotatable bonds is 2. The van der Waals surface area contributed by atoms with Gasteiger partial charge in [-0.1, -0.05) is 37.6 Å². The Kier molecular flexibility index (Phi) is 4.87. The molecule has 0 bridgehead atoms. The molecule has 112 valence electrons. The number of nitrogens with two attached hydrogens (primary N) is 1. The fraction of sp³-hybridized carbons (Fsp3) is 0.667. The van der Waals surface area contributed by atoms with Crippen molar-refractivity contribution in [3.8, 4) is 0 Å². The molecule has 0 spiro atoms. The maximum atomic E-state index is 6.53. The monoisotopic (exact) mass is 274 g/mol. The van der Waals surface area contributed by atoms with E-state index in [9.17, 15) is 0 Å². The summed E-state index contributed by atoms with van der Waals surface area (Å²) in [6.07, 6.45) is 4.73. The average Bonchev–Trinajstić information content (AvgIpc) is 2.60. The van der Waals surface area contributed by atoms with Crippen LogP contribution in [0.15, 0.2) is 24.3 Å². The second-order valence-corrected chi connectivity index (χ2v) is 7.06. The molecule has 2 unspecified atom stereocenters.